The highest BCUT2D eigenvalue weighted by Gasteiger charge is 2.29. The lowest BCUT2D eigenvalue weighted by molar-refractivity contribution is 0.586. The van der Waals surface area contributed by atoms with Crippen LogP contribution in [-0.4, -0.2) is 12.8 Å². The van der Waals surface area contributed by atoms with Gasteiger partial charge in [0.2, 0.25) is 0 Å². The second kappa shape index (κ2) is 2.96. The van der Waals surface area contributed by atoms with Gasteiger partial charge < -0.3 is 4.57 Å². The van der Waals surface area contributed by atoms with Crippen LogP contribution in [0.25, 0.3) is 10.8 Å². The Kier molecular flexibility index (Phi) is 1.81. The Morgan fingerprint density at radius 3 is 2.80 bits per heavy atom. The summed E-state index contributed by atoms with van der Waals surface area (Å²) in [6.45, 7) is 1.91. The van der Waals surface area contributed by atoms with Crippen molar-refractivity contribution < 1.29 is 4.57 Å². The van der Waals surface area contributed by atoms with E-state index in [1.165, 1.54) is 16.3 Å². The third-order valence-electron chi connectivity index (χ3n) is 3.31. The molecule has 76 valence electrons. The van der Waals surface area contributed by atoms with E-state index in [1.807, 2.05) is 6.66 Å². The first-order valence-electron chi connectivity index (χ1n) is 5.26. The van der Waals surface area contributed by atoms with Crippen molar-refractivity contribution in [1.29, 1.82) is 0 Å². The number of hydrogen-bond acceptors (Lipinski definition) is 1. The highest BCUT2D eigenvalue weighted by molar-refractivity contribution is 7.71. The van der Waals surface area contributed by atoms with E-state index < -0.39 is 7.14 Å². The molecule has 3 rings (SSSR count). The van der Waals surface area contributed by atoms with Gasteiger partial charge in [-0.1, -0.05) is 36.4 Å². The zero-order valence-electron chi connectivity index (χ0n) is 8.73. The van der Waals surface area contributed by atoms with Crippen molar-refractivity contribution in [2.75, 3.05) is 12.8 Å². The van der Waals surface area contributed by atoms with Crippen molar-refractivity contribution in [3.63, 3.8) is 0 Å². The number of hydrogen-bond donors (Lipinski definition) is 0. The molecule has 2 heteroatoms. The van der Waals surface area contributed by atoms with Gasteiger partial charge in [-0.15, -0.1) is 0 Å². The fourth-order valence-corrected chi connectivity index (χ4v) is 4.56. The van der Waals surface area contributed by atoms with Gasteiger partial charge in [0.25, 0.3) is 0 Å². The number of benzene rings is 2. The number of fused-ring (bicyclic) bond motifs is 3. The average Bonchev–Trinajstić information content (AvgIpc) is 2.55. The lowest BCUT2D eigenvalue weighted by Gasteiger charge is -2.07. The predicted octanol–water partition coefficient (Wildman–Crippen LogP) is 3.01. The van der Waals surface area contributed by atoms with E-state index in [0.29, 0.717) is 0 Å². The third-order valence-corrected chi connectivity index (χ3v) is 5.83. The summed E-state index contributed by atoms with van der Waals surface area (Å²) in [7, 11) is -2.04. The molecule has 0 spiro atoms. The molecule has 0 aromatic heterocycles. The first-order valence-corrected chi connectivity index (χ1v) is 7.60. The molecule has 0 N–H and O–H groups in total. The number of rotatable bonds is 0. The van der Waals surface area contributed by atoms with E-state index >= 15 is 0 Å². The maximum atomic E-state index is 12.3. The summed E-state index contributed by atoms with van der Waals surface area (Å²) in [5.41, 5.74) is 1.32. The zero-order chi connectivity index (χ0) is 10.5. The molecule has 1 unspecified atom stereocenters. The van der Waals surface area contributed by atoms with Crippen molar-refractivity contribution in [2.45, 2.75) is 6.42 Å². The van der Waals surface area contributed by atoms with Gasteiger partial charge >= 0.3 is 0 Å². The monoisotopic (exact) mass is 216 g/mol. The molecule has 1 heterocycles. The summed E-state index contributed by atoms with van der Waals surface area (Å²) < 4.78 is 12.3. The van der Waals surface area contributed by atoms with Crippen LogP contribution >= 0.6 is 7.14 Å². The molecule has 1 aliphatic rings. The SMILES string of the molecule is CP1(=O)CCc2c1ccc1ccccc21. The van der Waals surface area contributed by atoms with E-state index in [2.05, 4.69) is 36.4 Å². The van der Waals surface area contributed by atoms with Crippen LogP contribution in [-0.2, 0) is 11.0 Å². The van der Waals surface area contributed by atoms with Crippen LogP contribution in [0.2, 0.25) is 0 Å². The first-order chi connectivity index (χ1) is 7.18. The van der Waals surface area contributed by atoms with Crippen molar-refractivity contribution >= 4 is 23.2 Å². The molecule has 2 aromatic carbocycles. The van der Waals surface area contributed by atoms with Crippen LogP contribution in [0.5, 0.6) is 0 Å². The number of aryl methyl sites for hydroxylation is 1. The second-order valence-electron chi connectivity index (χ2n) is 4.36. The highest BCUT2D eigenvalue weighted by Crippen LogP contribution is 2.47. The molecular formula is C13H13OP. The normalized spacial score (nSPS) is 24.3. The van der Waals surface area contributed by atoms with Crippen molar-refractivity contribution in [3.05, 3.63) is 42.0 Å². The van der Waals surface area contributed by atoms with Gasteiger partial charge in [0.1, 0.15) is 7.14 Å². The maximum Gasteiger partial charge on any atom is 0.113 e. The van der Waals surface area contributed by atoms with Crippen LogP contribution in [0.15, 0.2) is 36.4 Å². The standard InChI is InChI=1S/C13H13OP/c1-15(14)9-8-12-11-5-3-2-4-10(11)6-7-13(12)15/h2-7H,8-9H2,1H3. The fraction of sp³-hybridized carbons (Fsp3) is 0.231. The smallest absolute Gasteiger partial charge is 0.113 e. The largest absolute Gasteiger partial charge is 0.319 e. The van der Waals surface area contributed by atoms with Crippen molar-refractivity contribution in [1.82, 2.24) is 0 Å². The topological polar surface area (TPSA) is 17.1 Å². The van der Waals surface area contributed by atoms with E-state index in [9.17, 15) is 4.57 Å². The Morgan fingerprint density at radius 2 is 1.93 bits per heavy atom. The van der Waals surface area contributed by atoms with Crippen LogP contribution in [0, 0.1) is 0 Å². The minimum absolute atomic E-state index is 0.844. The van der Waals surface area contributed by atoms with Crippen LogP contribution in [0.3, 0.4) is 0 Å². The molecule has 0 amide bonds. The van der Waals surface area contributed by atoms with Crippen LogP contribution in [0.4, 0.5) is 0 Å². The summed E-state index contributed by atoms with van der Waals surface area (Å²) in [4.78, 5) is 0. The molecule has 0 fully saturated rings. The molecule has 0 bridgehead atoms. The highest BCUT2D eigenvalue weighted by atomic mass is 31.2. The van der Waals surface area contributed by atoms with E-state index in [0.717, 1.165) is 17.9 Å². The van der Waals surface area contributed by atoms with Gasteiger partial charge in [0.05, 0.1) is 0 Å². The van der Waals surface area contributed by atoms with Crippen LogP contribution < -0.4 is 5.30 Å². The Balaban J connectivity index is 2.43. The van der Waals surface area contributed by atoms with Crippen LogP contribution in [0.1, 0.15) is 5.56 Å². The molecule has 15 heavy (non-hydrogen) atoms. The van der Waals surface area contributed by atoms with E-state index in [-0.39, 0.29) is 0 Å². The fourth-order valence-electron chi connectivity index (χ4n) is 2.48. The Hall–Kier alpha value is -1.07. The summed E-state index contributed by atoms with van der Waals surface area (Å²) in [6.07, 6.45) is 1.82. The predicted molar refractivity (Wildman–Crippen MR) is 65.7 cm³/mol. The Bertz CT molecular complexity index is 586. The Labute approximate surface area is 89.5 Å². The van der Waals surface area contributed by atoms with Crippen molar-refractivity contribution in [3.8, 4) is 0 Å². The zero-order valence-corrected chi connectivity index (χ0v) is 9.63. The van der Waals surface area contributed by atoms with Crippen molar-refractivity contribution in [2.24, 2.45) is 0 Å². The minimum atomic E-state index is -2.04. The van der Waals surface area contributed by atoms with Gasteiger partial charge in [-0.2, -0.15) is 0 Å². The summed E-state index contributed by atoms with van der Waals surface area (Å²) in [6, 6.07) is 12.5. The maximum absolute atomic E-state index is 12.3. The summed E-state index contributed by atoms with van der Waals surface area (Å²) >= 11 is 0. The Morgan fingerprint density at radius 1 is 1.13 bits per heavy atom. The van der Waals surface area contributed by atoms with Gasteiger partial charge in [-0.3, -0.25) is 0 Å². The third kappa shape index (κ3) is 1.27. The molecule has 1 aliphatic heterocycles. The molecule has 0 saturated heterocycles. The molecular weight excluding hydrogens is 203 g/mol. The van der Waals surface area contributed by atoms with Gasteiger partial charge in [-0.25, -0.2) is 0 Å². The summed E-state index contributed by atoms with van der Waals surface area (Å²) in [5, 5.41) is 3.66. The summed E-state index contributed by atoms with van der Waals surface area (Å²) in [5.74, 6) is 0. The molecule has 0 aliphatic carbocycles. The second-order valence-corrected chi connectivity index (χ2v) is 7.49. The van der Waals surface area contributed by atoms with Gasteiger partial charge in [0, 0.05) is 11.5 Å². The quantitative estimate of drug-likeness (QED) is 0.619. The molecule has 1 nitrogen and oxygen atoms in total. The van der Waals surface area contributed by atoms with E-state index in [4.69, 9.17) is 0 Å². The van der Waals surface area contributed by atoms with E-state index in [1.54, 1.807) is 0 Å². The first kappa shape index (κ1) is 9.18. The lowest BCUT2D eigenvalue weighted by atomic mass is 10.0. The molecule has 0 saturated carbocycles. The molecule has 1 atom stereocenters. The van der Waals surface area contributed by atoms with Gasteiger partial charge in [-0.05, 0) is 29.4 Å². The molecule has 2 aromatic rings. The van der Waals surface area contributed by atoms with Gasteiger partial charge in [0.15, 0.2) is 0 Å². The minimum Gasteiger partial charge on any atom is -0.319 e. The lowest BCUT2D eigenvalue weighted by Crippen LogP contribution is -2.02. The molecule has 0 radical (unpaired) electrons. The average molecular weight is 216 g/mol.